The molecule has 1 aromatic carbocycles. The van der Waals surface area contributed by atoms with Gasteiger partial charge < -0.3 is 9.88 Å². The number of aryl methyl sites for hydroxylation is 2. The molecule has 136 valence electrons. The normalized spacial score (nSPS) is 17.8. The zero-order valence-corrected chi connectivity index (χ0v) is 15.7. The number of hydrogen-bond acceptors (Lipinski definition) is 4. The van der Waals surface area contributed by atoms with E-state index < -0.39 is 0 Å². The molecule has 7 heteroatoms. The second-order valence-corrected chi connectivity index (χ2v) is 8.09. The number of aromatic nitrogens is 3. The van der Waals surface area contributed by atoms with Crippen molar-refractivity contribution in [1.82, 2.24) is 19.9 Å². The molecule has 26 heavy (non-hydrogen) atoms. The van der Waals surface area contributed by atoms with Gasteiger partial charge >= 0.3 is 0 Å². The van der Waals surface area contributed by atoms with Crippen LogP contribution in [0.1, 0.15) is 46.7 Å². The van der Waals surface area contributed by atoms with Crippen molar-refractivity contribution in [3.63, 3.8) is 0 Å². The number of H-pyrrole nitrogens is 1. The number of imidazole rings is 1. The maximum absolute atomic E-state index is 13.5. The van der Waals surface area contributed by atoms with Crippen molar-refractivity contribution in [2.45, 2.75) is 45.6 Å². The Bertz CT molecular complexity index is 964. The number of carbonyl (C=O) groups excluding carboxylic acids is 1. The monoisotopic (exact) mass is 372 g/mol. The summed E-state index contributed by atoms with van der Waals surface area (Å²) in [5.41, 5.74) is 2.34. The SMILES string of the molecule is Cc1nc(C)c(CC(=O)N2CCCC[C@@H]2c2nc3ccc(F)cc3[nH]2)s1. The maximum atomic E-state index is 13.5. The average molecular weight is 372 g/mol. The Morgan fingerprint density at radius 3 is 2.96 bits per heavy atom. The molecule has 1 aliphatic heterocycles. The van der Waals surface area contributed by atoms with E-state index in [9.17, 15) is 9.18 Å². The van der Waals surface area contributed by atoms with Crippen LogP contribution in [0.25, 0.3) is 11.0 Å². The van der Waals surface area contributed by atoms with Crippen LogP contribution in [0.4, 0.5) is 4.39 Å². The van der Waals surface area contributed by atoms with Crippen molar-refractivity contribution >= 4 is 28.3 Å². The first-order valence-corrected chi connectivity index (χ1v) is 9.70. The Morgan fingerprint density at radius 2 is 2.19 bits per heavy atom. The van der Waals surface area contributed by atoms with Crippen LogP contribution in [-0.2, 0) is 11.2 Å². The van der Waals surface area contributed by atoms with Crippen molar-refractivity contribution < 1.29 is 9.18 Å². The highest BCUT2D eigenvalue weighted by atomic mass is 32.1. The molecular weight excluding hydrogens is 351 g/mol. The fraction of sp³-hybridized carbons (Fsp3) is 0.421. The number of benzene rings is 1. The third-order valence-corrected chi connectivity index (χ3v) is 5.99. The summed E-state index contributed by atoms with van der Waals surface area (Å²) in [5.74, 6) is 0.560. The molecule has 1 saturated heterocycles. The third-order valence-electron chi connectivity index (χ3n) is 4.91. The Labute approximate surface area is 155 Å². The quantitative estimate of drug-likeness (QED) is 0.754. The number of rotatable bonds is 3. The van der Waals surface area contributed by atoms with Crippen LogP contribution in [0.5, 0.6) is 0 Å². The number of fused-ring (bicyclic) bond motifs is 1. The van der Waals surface area contributed by atoms with Gasteiger partial charge in [-0.2, -0.15) is 0 Å². The molecule has 1 aliphatic rings. The summed E-state index contributed by atoms with van der Waals surface area (Å²) < 4.78 is 13.5. The molecule has 0 radical (unpaired) electrons. The molecule has 5 nitrogen and oxygen atoms in total. The molecule has 1 atom stereocenters. The molecule has 1 fully saturated rings. The lowest BCUT2D eigenvalue weighted by atomic mass is 10.0. The lowest BCUT2D eigenvalue weighted by Gasteiger charge is -2.34. The van der Waals surface area contributed by atoms with Gasteiger partial charge in [0.1, 0.15) is 11.6 Å². The van der Waals surface area contributed by atoms with E-state index in [1.807, 2.05) is 18.7 Å². The standard InChI is InChI=1S/C19H21FN4OS/c1-11-17(26-12(2)21-11)10-18(25)24-8-4-3-5-16(24)19-22-14-7-6-13(20)9-15(14)23-19/h6-7,9,16H,3-5,8,10H2,1-2H3,(H,22,23)/t16-/m1/s1. The summed E-state index contributed by atoms with van der Waals surface area (Å²) in [4.78, 5) is 28.2. The summed E-state index contributed by atoms with van der Waals surface area (Å²) in [7, 11) is 0. The minimum atomic E-state index is -0.291. The number of nitrogens with one attached hydrogen (secondary N) is 1. The highest BCUT2D eigenvalue weighted by molar-refractivity contribution is 7.11. The van der Waals surface area contributed by atoms with E-state index >= 15 is 0 Å². The second kappa shape index (κ2) is 6.79. The molecule has 4 rings (SSSR count). The average Bonchev–Trinajstić information content (AvgIpc) is 3.17. The number of likely N-dealkylation sites (tertiary alicyclic amines) is 1. The Balaban J connectivity index is 1.60. The van der Waals surface area contributed by atoms with E-state index in [1.54, 1.807) is 17.4 Å². The van der Waals surface area contributed by atoms with Gasteiger partial charge in [0.2, 0.25) is 5.91 Å². The van der Waals surface area contributed by atoms with Gasteiger partial charge in [-0.3, -0.25) is 4.79 Å². The minimum Gasteiger partial charge on any atom is -0.340 e. The molecule has 0 aliphatic carbocycles. The summed E-state index contributed by atoms with van der Waals surface area (Å²) in [6, 6.07) is 4.44. The van der Waals surface area contributed by atoms with Crippen LogP contribution in [0, 0.1) is 19.7 Å². The second-order valence-electron chi connectivity index (χ2n) is 6.80. The zero-order chi connectivity index (χ0) is 18.3. The lowest BCUT2D eigenvalue weighted by Crippen LogP contribution is -2.39. The van der Waals surface area contributed by atoms with Gasteiger partial charge in [-0.15, -0.1) is 11.3 Å². The van der Waals surface area contributed by atoms with E-state index in [2.05, 4.69) is 15.0 Å². The first-order valence-electron chi connectivity index (χ1n) is 8.89. The zero-order valence-electron chi connectivity index (χ0n) is 14.9. The summed E-state index contributed by atoms with van der Waals surface area (Å²) >= 11 is 1.59. The number of aromatic amines is 1. The highest BCUT2D eigenvalue weighted by Crippen LogP contribution is 2.31. The van der Waals surface area contributed by atoms with Crippen molar-refractivity contribution in [2.75, 3.05) is 6.54 Å². The molecule has 0 unspecified atom stereocenters. The number of nitrogens with zero attached hydrogens (tertiary/aromatic N) is 3. The largest absolute Gasteiger partial charge is 0.340 e. The molecule has 1 N–H and O–H groups in total. The summed E-state index contributed by atoms with van der Waals surface area (Å²) in [6.45, 7) is 4.64. The van der Waals surface area contributed by atoms with Crippen molar-refractivity contribution in [3.05, 3.63) is 45.4 Å². The van der Waals surface area contributed by atoms with Crippen molar-refractivity contribution in [3.8, 4) is 0 Å². The number of hydrogen-bond donors (Lipinski definition) is 1. The smallest absolute Gasteiger partial charge is 0.228 e. The Morgan fingerprint density at radius 1 is 1.35 bits per heavy atom. The van der Waals surface area contributed by atoms with E-state index in [0.29, 0.717) is 11.9 Å². The van der Waals surface area contributed by atoms with Crippen LogP contribution in [-0.4, -0.2) is 32.3 Å². The highest BCUT2D eigenvalue weighted by Gasteiger charge is 2.30. The van der Waals surface area contributed by atoms with Gasteiger partial charge in [0.05, 0.1) is 34.2 Å². The molecule has 3 heterocycles. The van der Waals surface area contributed by atoms with Gasteiger partial charge in [-0.25, -0.2) is 14.4 Å². The molecule has 1 amide bonds. The fourth-order valence-electron chi connectivity index (χ4n) is 3.65. The van der Waals surface area contributed by atoms with Crippen molar-refractivity contribution in [2.24, 2.45) is 0 Å². The van der Waals surface area contributed by atoms with Crippen LogP contribution < -0.4 is 0 Å². The van der Waals surface area contributed by atoms with E-state index in [1.165, 1.54) is 12.1 Å². The number of piperidine rings is 1. The Kier molecular flexibility index (Phi) is 4.48. The lowest BCUT2D eigenvalue weighted by molar-refractivity contribution is -0.134. The van der Waals surface area contributed by atoms with Gasteiger partial charge in [-0.05, 0) is 51.3 Å². The number of thiazole rings is 1. The molecule has 0 spiro atoms. The van der Waals surface area contributed by atoms with Gasteiger partial charge in [0.15, 0.2) is 0 Å². The topological polar surface area (TPSA) is 61.9 Å². The molecular formula is C19H21FN4OS. The van der Waals surface area contributed by atoms with E-state index in [0.717, 1.165) is 52.7 Å². The number of carbonyl (C=O) groups is 1. The van der Waals surface area contributed by atoms with E-state index in [-0.39, 0.29) is 17.8 Å². The van der Waals surface area contributed by atoms with E-state index in [4.69, 9.17) is 0 Å². The first kappa shape index (κ1) is 17.1. The first-order chi connectivity index (χ1) is 12.5. The number of amides is 1. The van der Waals surface area contributed by atoms with Crippen molar-refractivity contribution in [1.29, 1.82) is 0 Å². The summed E-state index contributed by atoms with van der Waals surface area (Å²) in [5, 5.41) is 0.986. The van der Waals surface area contributed by atoms with Crippen LogP contribution >= 0.6 is 11.3 Å². The third kappa shape index (κ3) is 3.23. The predicted octanol–water partition coefficient (Wildman–Crippen LogP) is 4.07. The minimum absolute atomic E-state index is 0.0824. The number of halogens is 1. The predicted molar refractivity (Wildman–Crippen MR) is 99.6 cm³/mol. The van der Waals surface area contributed by atoms with Crippen LogP contribution in [0.3, 0.4) is 0 Å². The molecule has 2 aromatic heterocycles. The maximum Gasteiger partial charge on any atom is 0.228 e. The van der Waals surface area contributed by atoms with Gasteiger partial charge in [-0.1, -0.05) is 0 Å². The summed E-state index contributed by atoms with van der Waals surface area (Å²) in [6.07, 6.45) is 3.30. The Hall–Kier alpha value is -2.28. The van der Waals surface area contributed by atoms with Gasteiger partial charge in [0, 0.05) is 11.4 Å². The molecule has 3 aromatic rings. The van der Waals surface area contributed by atoms with Gasteiger partial charge in [0.25, 0.3) is 0 Å². The fourth-order valence-corrected chi connectivity index (χ4v) is 4.58. The molecule has 0 saturated carbocycles. The van der Waals surface area contributed by atoms with Crippen LogP contribution in [0.2, 0.25) is 0 Å². The van der Waals surface area contributed by atoms with Crippen LogP contribution in [0.15, 0.2) is 18.2 Å². The molecule has 0 bridgehead atoms.